The van der Waals surface area contributed by atoms with Gasteiger partial charge in [-0.25, -0.2) is 9.37 Å². The van der Waals surface area contributed by atoms with Gasteiger partial charge >= 0.3 is 0 Å². The molecule has 0 aliphatic heterocycles. The Morgan fingerprint density at radius 2 is 1.82 bits per heavy atom. The maximum absolute atomic E-state index is 13.9. The van der Waals surface area contributed by atoms with Crippen LogP contribution in [0.25, 0.3) is 11.3 Å². The van der Waals surface area contributed by atoms with Crippen molar-refractivity contribution in [1.82, 2.24) is 15.0 Å². The third kappa shape index (κ3) is 5.01. The molecule has 3 N–H and O–H groups in total. The van der Waals surface area contributed by atoms with Gasteiger partial charge in [0.2, 0.25) is 5.95 Å². The van der Waals surface area contributed by atoms with E-state index in [0.717, 1.165) is 5.56 Å². The molecule has 3 aromatic rings. The van der Waals surface area contributed by atoms with Crippen LogP contribution in [0, 0.1) is 11.7 Å². The summed E-state index contributed by atoms with van der Waals surface area (Å²) in [5, 5.41) is 16.0. The molecule has 7 heteroatoms. The number of halogens is 1. The molecule has 0 radical (unpaired) electrons. The number of aliphatic hydroxyl groups excluding tert-OH is 1. The van der Waals surface area contributed by atoms with Gasteiger partial charge in [-0.3, -0.25) is 4.98 Å². The predicted molar refractivity (Wildman–Crippen MR) is 108 cm³/mol. The summed E-state index contributed by atoms with van der Waals surface area (Å²) in [6, 6.07) is 12.0. The molecule has 1 aromatic carbocycles. The Kier molecular flexibility index (Phi) is 6.49. The molecule has 3 rings (SSSR count). The van der Waals surface area contributed by atoms with Crippen molar-refractivity contribution in [2.45, 2.75) is 26.4 Å². The van der Waals surface area contributed by atoms with Crippen molar-refractivity contribution in [3.8, 4) is 11.3 Å². The van der Waals surface area contributed by atoms with E-state index in [1.165, 1.54) is 6.07 Å². The molecule has 0 fully saturated rings. The summed E-state index contributed by atoms with van der Waals surface area (Å²) in [6.07, 6.45) is 3.39. The molecule has 0 aliphatic carbocycles. The highest BCUT2D eigenvalue weighted by atomic mass is 19.1. The summed E-state index contributed by atoms with van der Waals surface area (Å²) in [4.78, 5) is 13.1. The molecule has 2 aromatic heterocycles. The highest BCUT2D eigenvalue weighted by Crippen LogP contribution is 2.22. The van der Waals surface area contributed by atoms with Crippen molar-refractivity contribution in [3.05, 3.63) is 66.2 Å². The smallest absolute Gasteiger partial charge is 0.225 e. The van der Waals surface area contributed by atoms with Gasteiger partial charge < -0.3 is 15.7 Å². The third-order valence-corrected chi connectivity index (χ3v) is 4.44. The van der Waals surface area contributed by atoms with Crippen LogP contribution in [0.15, 0.2) is 54.9 Å². The normalized spacial score (nSPS) is 12.0. The van der Waals surface area contributed by atoms with Crippen LogP contribution in [0.5, 0.6) is 0 Å². The van der Waals surface area contributed by atoms with Gasteiger partial charge in [-0.2, -0.15) is 4.98 Å². The molecule has 0 aliphatic rings. The van der Waals surface area contributed by atoms with E-state index < -0.39 is 0 Å². The summed E-state index contributed by atoms with van der Waals surface area (Å²) in [5.41, 5.74) is 2.15. The molecular weight excluding hydrogens is 357 g/mol. The number of aromatic nitrogens is 3. The van der Waals surface area contributed by atoms with Crippen molar-refractivity contribution in [2.24, 2.45) is 5.92 Å². The number of rotatable bonds is 8. The average molecular weight is 381 g/mol. The monoisotopic (exact) mass is 381 g/mol. The Morgan fingerprint density at radius 1 is 1.07 bits per heavy atom. The van der Waals surface area contributed by atoms with Gasteiger partial charge in [-0.05, 0) is 24.1 Å². The molecule has 28 heavy (non-hydrogen) atoms. The fourth-order valence-electron chi connectivity index (χ4n) is 2.69. The third-order valence-electron chi connectivity index (χ3n) is 4.44. The van der Waals surface area contributed by atoms with E-state index in [-0.39, 0.29) is 24.4 Å². The van der Waals surface area contributed by atoms with Gasteiger partial charge in [0.25, 0.3) is 0 Å². The maximum Gasteiger partial charge on any atom is 0.225 e. The van der Waals surface area contributed by atoms with E-state index >= 15 is 0 Å². The molecular formula is C21H24FN5O. The minimum absolute atomic E-state index is 0.0293. The highest BCUT2D eigenvalue weighted by molar-refractivity contribution is 5.64. The second-order valence-electron chi connectivity index (χ2n) is 6.82. The number of anilines is 2. The van der Waals surface area contributed by atoms with E-state index in [1.807, 2.05) is 32.0 Å². The van der Waals surface area contributed by atoms with Gasteiger partial charge in [0.05, 0.1) is 18.3 Å². The second kappa shape index (κ2) is 9.23. The number of nitrogens with zero attached hydrogens (tertiary/aromatic N) is 3. The van der Waals surface area contributed by atoms with Crippen LogP contribution < -0.4 is 10.6 Å². The molecule has 0 spiro atoms. The van der Waals surface area contributed by atoms with Crippen LogP contribution in [0.4, 0.5) is 16.2 Å². The zero-order chi connectivity index (χ0) is 19.9. The maximum atomic E-state index is 13.9. The van der Waals surface area contributed by atoms with E-state index in [0.29, 0.717) is 29.6 Å². The van der Waals surface area contributed by atoms with Crippen LogP contribution in [-0.2, 0) is 6.54 Å². The van der Waals surface area contributed by atoms with Crippen LogP contribution in [0.1, 0.15) is 19.4 Å². The molecule has 0 saturated carbocycles. The molecule has 0 unspecified atom stereocenters. The van der Waals surface area contributed by atoms with Crippen LogP contribution >= 0.6 is 0 Å². The molecule has 1 atom stereocenters. The number of hydrogen-bond donors (Lipinski definition) is 3. The van der Waals surface area contributed by atoms with Crippen molar-refractivity contribution in [2.75, 3.05) is 17.2 Å². The van der Waals surface area contributed by atoms with Gasteiger partial charge in [0, 0.05) is 36.1 Å². The lowest BCUT2D eigenvalue weighted by Gasteiger charge is -2.20. The number of aliphatic hydroxyl groups is 1. The lowest BCUT2D eigenvalue weighted by atomic mass is 10.1. The molecule has 146 valence electrons. The van der Waals surface area contributed by atoms with Crippen molar-refractivity contribution in [3.63, 3.8) is 0 Å². The summed E-state index contributed by atoms with van der Waals surface area (Å²) in [7, 11) is 0. The number of pyridine rings is 1. The first-order valence-corrected chi connectivity index (χ1v) is 9.21. The molecule has 6 nitrogen and oxygen atoms in total. The fraction of sp³-hybridized carbons (Fsp3) is 0.286. The number of nitrogens with one attached hydrogen (secondary N) is 2. The number of benzene rings is 1. The summed E-state index contributed by atoms with van der Waals surface area (Å²) >= 11 is 0. The first kappa shape index (κ1) is 19.7. The van der Waals surface area contributed by atoms with Gasteiger partial charge in [-0.1, -0.05) is 32.0 Å². The van der Waals surface area contributed by atoms with Gasteiger partial charge in [0.1, 0.15) is 11.6 Å². The molecule has 0 amide bonds. The minimum Gasteiger partial charge on any atom is -0.394 e. The topological polar surface area (TPSA) is 83.0 Å². The fourth-order valence-corrected chi connectivity index (χ4v) is 2.69. The van der Waals surface area contributed by atoms with E-state index in [4.69, 9.17) is 0 Å². The first-order chi connectivity index (χ1) is 13.6. The van der Waals surface area contributed by atoms with Gasteiger partial charge in [-0.15, -0.1) is 0 Å². The summed E-state index contributed by atoms with van der Waals surface area (Å²) in [5.74, 6) is 0.899. The highest BCUT2D eigenvalue weighted by Gasteiger charge is 2.15. The molecule has 0 saturated heterocycles. The lowest BCUT2D eigenvalue weighted by molar-refractivity contribution is 0.248. The van der Waals surface area contributed by atoms with Crippen molar-refractivity contribution >= 4 is 11.8 Å². The lowest BCUT2D eigenvalue weighted by Crippen LogP contribution is -2.30. The van der Waals surface area contributed by atoms with Crippen LogP contribution in [0.3, 0.4) is 0 Å². The molecule has 0 bridgehead atoms. The molecule has 2 heterocycles. The zero-order valence-corrected chi connectivity index (χ0v) is 15.9. The SMILES string of the molecule is CC(C)[C@@H](CO)Nc1nc(NCc2ccccc2F)cc(-c2ccncc2)n1. The Bertz CT molecular complexity index is 904. The van der Waals surface area contributed by atoms with E-state index in [9.17, 15) is 9.50 Å². The van der Waals surface area contributed by atoms with Crippen molar-refractivity contribution in [1.29, 1.82) is 0 Å². The van der Waals surface area contributed by atoms with E-state index in [1.54, 1.807) is 30.6 Å². The Balaban J connectivity index is 1.89. The average Bonchev–Trinajstić information content (AvgIpc) is 2.71. The van der Waals surface area contributed by atoms with Gasteiger partial charge in [0.15, 0.2) is 0 Å². The minimum atomic E-state index is -0.267. The Labute approximate surface area is 163 Å². The predicted octanol–water partition coefficient (Wildman–Crippen LogP) is 3.72. The standard InChI is InChI=1S/C21H24FN5O/c1-14(2)19(13-28)26-21-25-18(15-7-9-23-10-8-15)11-20(27-21)24-12-16-5-3-4-6-17(16)22/h3-11,14,19,28H,12-13H2,1-2H3,(H2,24,25,26,27)/t19-/m1/s1. The Morgan fingerprint density at radius 3 is 2.50 bits per heavy atom. The van der Waals surface area contributed by atoms with Crippen molar-refractivity contribution < 1.29 is 9.50 Å². The Hall–Kier alpha value is -3.06. The summed E-state index contributed by atoms with van der Waals surface area (Å²) < 4.78 is 13.9. The van der Waals surface area contributed by atoms with Crippen LogP contribution in [0.2, 0.25) is 0 Å². The van der Waals surface area contributed by atoms with E-state index in [2.05, 4.69) is 25.6 Å². The largest absolute Gasteiger partial charge is 0.394 e. The number of hydrogen-bond acceptors (Lipinski definition) is 6. The zero-order valence-electron chi connectivity index (χ0n) is 15.9. The summed E-state index contributed by atoms with van der Waals surface area (Å²) in [6.45, 7) is 4.29. The second-order valence-corrected chi connectivity index (χ2v) is 6.82. The quantitative estimate of drug-likeness (QED) is 0.552. The first-order valence-electron chi connectivity index (χ1n) is 9.21. The van der Waals surface area contributed by atoms with Crippen LogP contribution in [-0.4, -0.2) is 32.7 Å².